The number of rotatable bonds is 15. The number of ether oxygens (including phenoxy) is 1. The molecule has 0 bridgehead atoms. The second-order valence-corrected chi connectivity index (χ2v) is 22.4. The standard InChI is InChI=1S/C49H58BrFN11O7P/c1-6-29-23-37(55-48-52-28-34(50)45(57-48)54-36-10-9-32-33(44(36)70(4,5)67)27-53-61(7-2)47(32)65)41(68-8-3)26-39(29)60-17-14-31(15-18-60)59-21-19-58(20-22-59)16-13-30-24-42-40(25-35(30)51)62(49(66)69-42)38-11-12-43(63)56-46(38)64/h9-10,23-28,31,38H,6-8,11-22H2,1-5H3,(H,56,63,64)(H2,52,54,55,57). The lowest BCUT2D eigenvalue weighted by molar-refractivity contribution is -0.135. The van der Waals surface area contributed by atoms with Crippen LogP contribution in [0.2, 0.25) is 0 Å². The van der Waals surface area contributed by atoms with E-state index in [0.717, 1.165) is 80.0 Å². The SMILES string of the molecule is CCOc1cc(N2CCC(N3CCN(CCc4cc5oc(=O)n(C6CCC(=O)NC6=O)c5cc4F)CC3)CC2)c(CC)cc1Nc1ncc(Br)c(Nc2ccc3c(=O)n(CC)ncc3c2P(C)(C)=O)n1. The molecule has 0 aliphatic carbocycles. The fraction of sp³-hybridized carbons (Fsp3) is 0.449. The Hall–Kier alpha value is -5.95. The molecule has 0 radical (unpaired) electrons. The van der Waals surface area contributed by atoms with Crippen LogP contribution in [0.4, 0.5) is 33.2 Å². The first-order valence-electron chi connectivity index (χ1n) is 24.0. The van der Waals surface area contributed by atoms with Crippen molar-refractivity contribution in [1.82, 2.24) is 39.4 Å². The number of hydrogen-bond acceptors (Lipinski definition) is 15. The average Bonchev–Trinajstić information content (AvgIpc) is 3.65. The lowest BCUT2D eigenvalue weighted by atomic mass is 9.99. The maximum absolute atomic E-state index is 15.5. The number of carbonyl (C=O) groups is 2. The topological polar surface area (TPSA) is 202 Å². The largest absolute Gasteiger partial charge is 0.492 e. The molecular formula is C49H58BrFN11O7P. The Kier molecular flexibility index (Phi) is 14.3. The van der Waals surface area contributed by atoms with Gasteiger partial charge in [-0.1, -0.05) is 6.92 Å². The molecule has 3 aromatic carbocycles. The van der Waals surface area contributed by atoms with Crippen molar-refractivity contribution >= 4 is 90.9 Å². The third-order valence-electron chi connectivity index (χ3n) is 13.7. The van der Waals surface area contributed by atoms with E-state index in [4.69, 9.17) is 14.1 Å². The molecule has 3 aromatic heterocycles. The molecule has 9 rings (SSSR count). The molecule has 3 saturated heterocycles. The first kappa shape index (κ1) is 49.0. The molecule has 1 unspecified atom stereocenters. The van der Waals surface area contributed by atoms with Gasteiger partial charge < -0.3 is 34.2 Å². The van der Waals surface area contributed by atoms with Crippen molar-refractivity contribution in [3.05, 3.63) is 91.1 Å². The number of nitrogens with zero attached hydrogens (tertiary/aromatic N) is 8. The van der Waals surface area contributed by atoms with Crippen LogP contribution in [0.5, 0.6) is 5.75 Å². The highest BCUT2D eigenvalue weighted by Gasteiger charge is 2.33. The summed E-state index contributed by atoms with van der Waals surface area (Å²) in [5.74, 6) is -0.746. The van der Waals surface area contributed by atoms with Crippen LogP contribution in [0.15, 0.2) is 67.3 Å². The quantitative estimate of drug-likeness (QED) is 0.0741. The minimum Gasteiger partial charge on any atom is -0.492 e. The zero-order chi connectivity index (χ0) is 49.4. The number of halogens is 2. The Morgan fingerprint density at radius 2 is 1.69 bits per heavy atom. The molecule has 3 aliphatic rings. The number of hydrogen-bond donors (Lipinski definition) is 3. The van der Waals surface area contributed by atoms with Crippen molar-refractivity contribution in [3.8, 4) is 5.75 Å². The van der Waals surface area contributed by atoms with Crippen LogP contribution in [0.3, 0.4) is 0 Å². The molecule has 70 heavy (non-hydrogen) atoms. The van der Waals surface area contributed by atoms with Crippen LogP contribution >= 0.6 is 23.1 Å². The number of anilines is 5. The number of nitrogens with one attached hydrogen (secondary N) is 3. The van der Waals surface area contributed by atoms with Gasteiger partial charge in [0.25, 0.3) is 5.56 Å². The highest BCUT2D eigenvalue weighted by Crippen LogP contribution is 2.42. The predicted octanol–water partition coefficient (Wildman–Crippen LogP) is 6.52. The van der Waals surface area contributed by atoms with E-state index in [1.165, 1.54) is 10.7 Å². The number of fused-ring (bicyclic) bond motifs is 2. The van der Waals surface area contributed by atoms with Crippen molar-refractivity contribution in [2.75, 3.05) is 81.3 Å². The Labute approximate surface area is 412 Å². The van der Waals surface area contributed by atoms with Gasteiger partial charge in [-0.15, -0.1) is 0 Å². The van der Waals surface area contributed by atoms with E-state index in [2.05, 4.69) is 75.7 Å². The molecule has 18 nitrogen and oxygen atoms in total. The molecule has 3 fully saturated rings. The number of amides is 2. The second-order valence-electron chi connectivity index (χ2n) is 18.4. The fourth-order valence-corrected chi connectivity index (χ4v) is 11.9. The van der Waals surface area contributed by atoms with Gasteiger partial charge in [-0.05, 0) is 111 Å². The molecule has 21 heteroatoms. The molecule has 0 saturated carbocycles. The lowest BCUT2D eigenvalue weighted by Crippen LogP contribution is -2.53. The lowest BCUT2D eigenvalue weighted by Gasteiger charge is -2.43. The average molecular weight is 1040 g/mol. The fourth-order valence-electron chi connectivity index (χ4n) is 10.1. The second kappa shape index (κ2) is 20.4. The monoisotopic (exact) mass is 1040 g/mol. The summed E-state index contributed by atoms with van der Waals surface area (Å²) in [5.41, 5.74) is 4.23. The van der Waals surface area contributed by atoms with Crippen molar-refractivity contribution < 1.29 is 27.7 Å². The number of oxazole rings is 1. The number of aryl methyl sites for hydroxylation is 2. The van der Waals surface area contributed by atoms with Gasteiger partial charge in [-0.3, -0.25) is 29.2 Å². The van der Waals surface area contributed by atoms with Crippen molar-refractivity contribution in [3.63, 3.8) is 0 Å². The summed E-state index contributed by atoms with van der Waals surface area (Å²) in [6, 6.07) is 10.1. The molecule has 0 spiro atoms. The van der Waals surface area contributed by atoms with Crippen molar-refractivity contribution in [2.45, 2.75) is 77.9 Å². The molecule has 1 atom stereocenters. The Morgan fingerprint density at radius 1 is 0.914 bits per heavy atom. The van der Waals surface area contributed by atoms with E-state index in [0.29, 0.717) is 81.5 Å². The van der Waals surface area contributed by atoms with Crippen LogP contribution < -0.4 is 42.2 Å². The van der Waals surface area contributed by atoms with E-state index in [1.807, 2.05) is 13.8 Å². The minimum atomic E-state index is -2.92. The number of aromatic nitrogens is 5. The smallest absolute Gasteiger partial charge is 0.420 e. The van der Waals surface area contributed by atoms with Crippen LogP contribution in [0, 0.1) is 5.82 Å². The summed E-state index contributed by atoms with van der Waals surface area (Å²) >= 11 is 3.59. The van der Waals surface area contributed by atoms with Gasteiger partial charge in [-0.2, -0.15) is 10.1 Å². The van der Waals surface area contributed by atoms with Gasteiger partial charge in [0.15, 0.2) is 5.58 Å². The normalized spacial score (nSPS) is 17.6. The number of piperidine rings is 2. The zero-order valence-corrected chi connectivity index (χ0v) is 42.5. The van der Waals surface area contributed by atoms with Gasteiger partial charge in [0.05, 0.1) is 39.6 Å². The Morgan fingerprint density at radius 3 is 2.39 bits per heavy atom. The maximum atomic E-state index is 15.5. The van der Waals surface area contributed by atoms with E-state index in [-0.39, 0.29) is 29.5 Å². The molecule has 3 aliphatic heterocycles. The highest BCUT2D eigenvalue weighted by molar-refractivity contribution is 9.10. The molecule has 6 heterocycles. The summed E-state index contributed by atoms with van der Waals surface area (Å²) in [4.78, 5) is 66.8. The van der Waals surface area contributed by atoms with Gasteiger partial charge >= 0.3 is 5.76 Å². The summed E-state index contributed by atoms with van der Waals surface area (Å²) in [5, 5.41) is 14.8. The van der Waals surface area contributed by atoms with E-state index < -0.39 is 36.6 Å². The van der Waals surface area contributed by atoms with E-state index >= 15 is 4.39 Å². The number of imide groups is 1. The Bertz CT molecular complexity index is 3160. The van der Waals surface area contributed by atoms with Gasteiger partial charge in [-0.25, -0.2) is 18.9 Å². The van der Waals surface area contributed by atoms with E-state index in [9.17, 15) is 23.7 Å². The summed E-state index contributed by atoms with van der Waals surface area (Å²) in [7, 11) is -2.92. The van der Waals surface area contributed by atoms with Crippen molar-refractivity contribution in [2.24, 2.45) is 0 Å². The maximum Gasteiger partial charge on any atom is 0.420 e. The van der Waals surface area contributed by atoms with Gasteiger partial charge in [0.2, 0.25) is 17.8 Å². The number of benzene rings is 3. The first-order valence-corrected chi connectivity index (χ1v) is 27.4. The zero-order valence-electron chi connectivity index (χ0n) is 40.0. The molecule has 2 amide bonds. The molecule has 370 valence electrons. The minimum absolute atomic E-state index is 0.0904. The molecular weight excluding hydrogens is 984 g/mol. The van der Waals surface area contributed by atoms with Crippen LogP contribution in [-0.4, -0.2) is 118 Å². The van der Waals surface area contributed by atoms with Crippen LogP contribution in [0.25, 0.3) is 21.9 Å². The third-order valence-corrected chi connectivity index (χ3v) is 15.8. The molecule has 6 aromatic rings. The summed E-state index contributed by atoms with van der Waals surface area (Å²) in [6.07, 6.45) is 6.77. The predicted molar refractivity (Wildman–Crippen MR) is 273 cm³/mol. The Balaban J connectivity index is 0.825. The highest BCUT2D eigenvalue weighted by atomic mass is 79.9. The van der Waals surface area contributed by atoms with Crippen molar-refractivity contribution in [1.29, 1.82) is 0 Å². The van der Waals surface area contributed by atoms with Crippen LogP contribution in [-0.2, 0) is 33.5 Å². The third kappa shape index (κ3) is 10.0. The first-order chi connectivity index (χ1) is 33.6. The van der Waals surface area contributed by atoms with Gasteiger partial charge in [0.1, 0.15) is 30.6 Å². The molecule has 3 N–H and O–H groups in total. The number of piperazine rings is 1. The van der Waals surface area contributed by atoms with Crippen LogP contribution in [0.1, 0.15) is 63.6 Å². The summed E-state index contributed by atoms with van der Waals surface area (Å²) < 4.78 is 44.0. The van der Waals surface area contributed by atoms with E-state index in [1.54, 1.807) is 43.9 Å². The number of carbonyl (C=O) groups excluding carboxylic acids is 2. The van der Waals surface area contributed by atoms with Gasteiger partial charge in [0, 0.05) is 99.5 Å². The summed E-state index contributed by atoms with van der Waals surface area (Å²) in [6.45, 7) is 16.2.